The monoisotopic (exact) mass is 550 g/mol. The fraction of sp³-hybridized carbons (Fsp3) is 0.318. The first-order valence-electron chi connectivity index (χ1n) is 10.4. The Labute approximate surface area is 214 Å². The second-order valence-electron chi connectivity index (χ2n) is 8.18. The average Bonchev–Trinajstić information content (AvgIpc) is 3.39. The summed E-state index contributed by atoms with van der Waals surface area (Å²) in [5.74, 6) is -2.33. The van der Waals surface area contributed by atoms with Crippen LogP contribution in [0.5, 0.6) is 5.75 Å². The van der Waals surface area contributed by atoms with E-state index in [0.717, 1.165) is 13.2 Å². The topological polar surface area (TPSA) is 81.6 Å². The van der Waals surface area contributed by atoms with Gasteiger partial charge in [0.15, 0.2) is 28.9 Å². The van der Waals surface area contributed by atoms with Crippen molar-refractivity contribution in [3.05, 3.63) is 53.7 Å². The number of nitrogens with two attached hydrogens (primary N) is 1. The largest absolute Gasteiger partial charge is 0.491 e. The molecule has 1 aromatic carbocycles. The third-order valence-electron chi connectivity index (χ3n) is 5.94. The second-order valence-corrected chi connectivity index (χ2v) is 8.18. The van der Waals surface area contributed by atoms with E-state index >= 15 is 0 Å². The van der Waals surface area contributed by atoms with Gasteiger partial charge in [0.05, 0.1) is 7.11 Å². The smallest absolute Gasteiger partial charge is 0.408 e. The highest BCUT2D eigenvalue weighted by molar-refractivity contribution is 5.85. The number of hydrogen-bond donors (Lipinski definition) is 1. The van der Waals surface area contributed by atoms with Gasteiger partial charge < -0.3 is 10.5 Å². The van der Waals surface area contributed by atoms with Crippen molar-refractivity contribution >= 4 is 41.4 Å². The predicted molar refractivity (Wildman–Crippen MR) is 128 cm³/mol. The zero-order chi connectivity index (χ0) is 24.2. The molecule has 1 saturated heterocycles. The number of benzene rings is 1. The molecule has 1 aliphatic heterocycles. The van der Waals surface area contributed by atoms with Crippen LogP contribution in [0, 0.1) is 11.6 Å². The summed E-state index contributed by atoms with van der Waals surface area (Å²) in [7, 11) is 1.13. The van der Waals surface area contributed by atoms with E-state index in [4.69, 9.17) is 10.5 Å². The molecule has 7 nitrogen and oxygen atoms in total. The van der Waals surface area contributed by atoms with Gasteiger partial charge in [-0.1, -0.05) is 12.1 Å². The average molecular weight is 551 g/mol. The zero-order valence-corrected chi connectivity index (χ0v) is 20.3. The van der Waals surface area contributed by atoms with Crippen molar-refractivity contribution in [1.82, 2.24) is 24.5 Å². The van der Waals surface area contributed by atoms with Gasteiger partial charge in [-0.3, -0.25) is 9.30 Å². The lowest BCUT2D eigenvalue weighted by Crippen LogP contribution is -2.38. The Balaban J connectivity index is 0.00000180. The van der Waals surface area contributed by atoms with Crippen LogP contribution in [0.25, 0.3) is 28.1 Å². The van der Waals surface area contributed by atoms with E-state index in [2.05, 4.69) is 15.2 Å². The first-order valence-corrected chi connectivity index (χ1v) is 10.4. The van der Waals surface area contributed by atoms with E-state index < -0.39 is 29.6 Å². The van der Waals surface area contributed by atoms with Gasteiger partial charge in [0, 0.05) is 30.7 Å². The molecular weight excluding hydrogens is 530 g/mol. The van der Waals surface area contributed by atoms with Gasteiger partial charge in [-0.15, -0.1) is 35.0 Å². The van der Waals surface area contributed by atoms with Crippen LogP contribution < -0.4 is 10.5 Å². The maximum absolute atomic E-state index is 14.8. The van der Waals surface area contributed by atoms with E-state index in [-0.39, 0.29) is 77.6 Å². The maximum atomic E-state index is 14.8. The van der Waals surface area contributed by atoms with Crippen molar-refractivity contribution in [3.63, 3.8) is 0 Å². The SMILES string of the molecule is COc1c(F)cc2ccc(-c3nnc4ccc([C@@H](N5CC[C@H](N)C5)C(F)(F)F)cn34)nc2c1F.Cl.Cl. The fourth-order valence-corrected chi connectivity index (χ4v) is 4.39. The van der Waals surface area contributed by atoms with Crippen molar-refractivity contribution in [2.24, 2.45) is 5.73 Å². The van der Waals surface area contributed by atoms with Gasteiger partial charge in [0.25, 0.3) is 0 Å². The normalized spacial score (nSPS) is 17.1. The van der Waals surface area contributed by atoms with Gasteiger partial charge in [-0.05, 0) is 30.2 Å². The number of ether oxygens (including phenoxy) is 1. The number of methoxy groups -OCH3 is 1. The molecule has 194 valence electrons. The number of likely N-dealkylation sites (tertiary alicyclic amines) is 1. The number of rotatable bonds is 4. The highest BCUT2D eigenvalue weighted by Crippen LogP contribution is 2.39. The number of fused-ring (bicyclic) bond motifs is 2. The lowest BCUT2D eigenvalue weighted by atomic mass is 10.1. The Morgan fingerprint density at radius 2 is 1.86 bits per heavy atom. The first-order chi connectivity index (χ1) is 16.2. The van der Waals surface area contributed by atoms with Crippen LogP contribution in [0.2, 0.25) is 0 Å². The number of pyridine rings is 2. The Kier molecular flexibility index (Phi) is 7.94. The molecule has 5 rings (SSSR count). The van der Waals surface area contributed by atoms with Crippen molar-refractivity contribution < 1.29 is 26.7 Å². The molecule has 2 atom stereocenters. The highest BCUT2D eigenvalue weighted by atomic mass is 35.5. The molecule has 3 aromatic heterocycles. The summed E-state index contributed by atoms with van der Waals surface area (Å²) in [6.45, 7) is 0.351. The summed E-state index contributed by atoms with van der Waals surface area (Å²) in [4.78, 5) is 5.54. The lowest BCUT2D eigenvalue weighted by Gasteiger charge is -2.30. The Hall–Kier alpha value is -2.80. The molecular formula is C22H21Cl2F5N6O. The molecule has 0 unspecified atom stereocenters. The summed E-state index contributed by atoms with van der Waals surface area (Å²) < 4.78 is 77.0. The van der Waals surface area contributed by atoms with E-state index in [9.17, 15) is 22.0 Å². The van der Waals surface area contributed by atoms with Gasteiger partial charge in [0.2, 0.25) is 0 Å². The van der Waals surface area contributed by atoms with E-state index in [1.54, 1.807) is 0 Å². The first kappa shape index (κ1) is 27.8. The van der Waals surface area contributed by atoms with Crippen molar-refractivity contribution in [2.75, 3.05) is 20.2 Å². The molecule has 1 fully saturated rings. The van der Waals surface area contributed by atoms with Crippen LogP contribution in [0.15, 0.2) is 36.5 Å². The number of alkyl halides is 3. The molecule has 14 heteroatoms. The predicted octanol–water partition coefficient (Wildman–Crippen LogP) is 4.71. The number of aromatic nitrogens is 4. The van der Waals surface area contributed by atoms with E-state index in [1.807, 2.05) is 0 Å². The molecule has 0 aliphatic carbocycles. The molecule has 36 heavy (non-hydrogen) atoms. The standard InChI is InChI=1S/C22H19F5N6O.2ClH/c1-34-19-14(23)8-11-2-4-15(29-18(11)17(19)24)21-31-30-16-5-3-12(9-33(16)21)20(22(25,26)27)32-7-6-13(28)10-32;;/h2-5,8-9,13,20H,6-7,10,28H2,1H3;2*1H/t13-,20+;;/m0../s1. The molecule has 0 radical (unpaired) electrons. The quantitative estimate of drug-likeness (QED) is 0.370. The molecule has 0 bridgehead atoms. The molecule has 1 aliphatic rings. The summed E-state index contributed by atoms with van der Waals surface area (Å²) in [5, 5.41) is 8.23. The summed E-state index contributed by atoms with van der Waals surface area (Å²) >= 11 is 0. The molecule has 0 amide bonds. The highest BCUT2D eigenvalue weighted by Gasteiger charge is 2.46. The van der Waals surface area contributed by atoms with Crippen molar-refractivity contribution in [1.29, 1.82) is 0 Å². The third-order valence-corrected chi connectivity index (χ3v) is 5.94. The fourth-order valence-electron chi connectivity index (χ4n) is 4.39. The van der Waals surface area contributed by atoms with Crippen LogP contribution in [0.4, 0.5) is 22.0 Å². The minimum atomic E-state index is -4.53. The molecule has 4 heterocycles. The molecule has 2 N–H and O–H groups in total. The second kappa shape index (κ2) is 10.3. The summed E-state index contributed by atoms with van der Waals surface area (Å²) in [6.07, 6.45) is -2.75. The summed E-state index contributed by atoms with van der Waals surface area (Å²) in [5.41, 5.74) is 6.11. The number of nitrogens with zero attached hydrogens (tertiary/aromatic N) is 5. The van der Waals surface area contributed by atoms with Crippen LogP contribution in [-0.4, -0.2) is 56.9 Å². The van der Waals surface area contributed by atoms with Gasteiger partial charge in [-0.25, -0.2) is 13.8 Å². The Morgan fingerprint density at radius 3 is 2.50 bits per heavy atom. The number of hydrogen-bond acceptors (Lipinski definition) is 6. The number of halogens is 7. The van der Waals surface area contributed by atoms with Crippen LogP contribution in [0.1, 0.15) is 18.0 Å². The molecule has 0 spiro atoms. The van der Waals surface area contributed by atoms with Crippen molar-refractivity contribution in [2.45, 2.75) is 24.7 Å². The maximum Gasteiger partial charge on any atom is 0.408 e. The minimum absolute atomic E-state index is 0. The molecule has 0 saturated carbocycles. The van der Waals surface area contributed by atoms with E-state index in [1.165, 1.54) is 39.8 Å². The van der Waals surface area contributed by atoms with Gasteiger partial charge in [0.1, 0.15) is 17.3 Å². The van der Waals surface area contributed by atoms with Crippen molar-refractivity contribution in [3.8, 4) is 17.3 Å². The van der Waals surface area contributed by atoms with Gasteiger partial charge in [-0.2, -0.15) is 13.2 Å². The van der Waals surface area contributed by atoms with Crippen LogP contribution in [0.3, 0.4) is 0 Å². The Morgan fingerprint density at radius 1 is 1.11 bits per heavy atom. The Bertz CT molecular complexity index is 1400. The molecule has 4 aromatic rings. The van der Waals surface area contributed by atoms with Crippen LogP contribution in [-0.2, 0) is 0 Å². The minimum Gasteiger partial charge on any atom is -0.491 e. The van der Waals surface area contributed by atoms with Gasteiger partial charge >= 0.3 is 6.18 Å². The van der Waals surface area contributed by atoms with E-state index in [0.29, 0.717) is 6.42 Å². The third kappa shape index (κ3) is 4.77. The summed E-state index contributed by atoms with van der Waals surface area (Å²) in [6, 6.07) is 4.61. The lowest BCUT2D eigenvalue weighted by molar-refractivity contribution is -0.183. The van der Waals surface area contributed by atoms with Crippen LogP contribution >= 0.6 is 24.8 Å². The zero-order valence-electron chi connectivity index (χ0n) is 18.7.